The molecule has 0 unspecified atom stereocenters. The Morgan fingerprint density at radius 1 is 1.06 bits per heavy atom. The smallest absolute Gasteiger partial charge is 0.349 e. The highest BCUT2D eigenvalue weighted by Crippen LogP contribution is 2.39. The standard InChI is InChI=1S/C23H21N3O5S.ClH/c1-25(2)7-8-26(21(27)15-11-14-5-3-4-6-17(14)31-22(15)28)23-24-16-12-18-19(13-20(16)32-23)30-10-9-29-18;/h3-6,11-13H,7-10H2,1-2H3;1H. The number of ether oxygens (including phenoxy) is 2. The van der Waals surface area contributed by atoms with Crippen molar-refractivity contribution < 1.29 is 18.7 Å². The number of fused-ring (bicyclic) bond motifs is 3. The molecule has 4 aromatic rings. The maximum Gasteiger partial charge on any atom is 0.349 e. The van der Waals surface area contributed by atoms with Crippen LogP contribution in [0.4, 0.5) is 5.13 Å². The Morgan fingerprint density at radius 3 is 2.55 bits per heavy atom. The average Bonchev–Trinajstić information content (AvgIpc) is 3.19. The van der Waals surface area contributed by atoms with Crippen LogP contribution in [0.15, 0.2) is 51.7 Å². The van der Waals surface area contributed by atoms with E-state index in [1.54, 1.807) is 24.3 Å². The van der Waals surface area contributed by atoms with Crippen molar-refractivity contribution in [2.45, 2.75) is 0 Å². The molecule has 2 aromatic carbocycles. The topological polar surface area (TPSA) is 85.1 Å². The Hall–Kier alpha value is -3.14. The van der Waals surface area contributed by atoms with E-state index in [4.69, 9.17) is 13.9 Å². The highest BCUT2D eigenvalue weighted by Gasteiger charge is 2.26. The van der Waals surface area contributed by atoms with E-state index in [0.717, 1.165) is 4.70 Å². The van der Waals surface area contributed by atoms with E-state index < -0.39 is 11.5 Å². The minimum atomic E-state index is -0.665. The summed E-state index contributed by atoms with van der Waals surface area (Å²) in [6, 6.07) is 12.4. The molecule has 0 saturated carbocycles. The molecule has 0 radical (unpaired) electrons. The number of anilines is 1. The van der Waals surface area contributed by atoms with Crippen molar-refractivity contribution in [1.29, 1.82) is 0 Å². The van der Waals surface area contributed by atoms with Crippen molar-refractivity contribution in [3.8, 4) is 11.5 Å². The lowest BCUT2D eigenvalue weighted by Gasteiger charge is -2.21. The van der Waals surface area contributed by atoms with Crippen LogP contribution in [0.5, 0.6) is 11.5 Å². The zero-order valence-electron chi connectivity index (χ0n) is 18.1. The number of aromatic nitrogens is 1. The van der Waals surface area contributed by atoms with Crippen molar-refractivity contribution in [1.82, 2.24) is 9.88 Å². The van der Waals surface area contributed by atoms with Gasteiger partial charge in [0.25, 0.3) is 5.91 Å². The lowest BCUT2D eigenvalue weighted by atomic mass is 10.1. The van der Waals surface area contributed by atoms with Crippen LogP contribution >= 0.6 is 23.7 Å². The number of rotatable bonds is 5. The van der Waals surface area contributed by atoms with Crippen LogP contribution in [-0.4, -0.2) is 56.2 Å². The van der Waals surface area contributed by atoms with Gasteiger partial charge in [0.2, 0.25) is 0 Å². The molecule has 0 aliphatic carbocycles. The quantitative estimate of drug-likeness (QED) is 0.396. The number of likely N-dealkylation sites (N-methyl/N-ethyl adjacent to an activating group) is 1. The van der Waals surface area contributed by atoms with Gasteiger partial charge in [0.05, 0.1) is 10.2 Å². The average molecular weight is 488 g/mol. The normalized spacial score (nSPS) is 12.7. The van der Waals surface area contributed by atoms with E-state index in [1.165, 1.54) is 16.2 Å². The predicted octanol–water partition coefficient (Wildman–Crippen LogP) is 3.80. The summed E-state index contributed by atoms with van der Waals surface area (Å²) >= 11 is 1.37. The van der Waals surface area contributed by atoms with Gasteiger partial charge < -0.3 is 18.8 Å². The van der Waals surface area contributed by atoms with Crippen molar-refractivity contribution in [2.75, 3.05) is 45.3 Å². The van der Waals surface area contributed by atoms with Gasteiger partial charge in [-0.3, -0.25) is 9.69 Å². The van der Waals surface area contributed by atoms with E-state index >= 15 is 0 Å². The number of nitrogens with zero attached hydrogens (tertiary/aromatic N) is 3. The highest BCUT2D eigenvalue weighted by molar-refractivity contribution is 7.22. The van der Waals surface area contributed by atoms with Gasteiger partial charge in [0.15, 0.2) is 16.6 Å². The molecule has 0 spiro atoms. The lowest BCUT2D eigenvalue weighted by Crippen LogP contribution is -2.38. The molecule has 5 rings (SSSR count). The zero-order chi connectivity index (χ0) is 22.2. The molecule has 1 aliphatic heterocycles. The fourth-order valence-electron chi connectivity index (χ4n) is 3.51. The van der Waals surface area contributed by atoms with Gasteiger partial charge in [-0.2, -0.15) is 0 Å². The number of amides is 1. The third-order valence-electron chi connectivity index (χ3n) is 5.16. The summed E-state index contributed by atoms with van der Waals surface area (Å²) in [5, 5.41) is 1.19. The van der Waals surface area contributed by atoms with Gasteiger partial charge in [-0.25, -0.2) is 9.78 Å². The first kappa shape index (κ1) is 23.0. The number of para-hydroxylation sites is 1. The molecular formula is C23H22ClN3O5S. The SMILES string of the molecule is CN(C)CCN(C(=O)c1cc2ccccc2oc1=O)c1nc2cc3c(cc2s1)OCCO3.Cl. The fraction of sp³-hybridized carbons (Fsp3) is 0.261. The third-order valence-corrected chi connectivity index (χ3v) is 6.20. The van der Waals surface area contributed by atoms with E-state index in [-0.39, 0.29) is 18.0 Å². The van der Waals surface area contributed by atoms with Crippen LogP contribution < -0.4 is 20.0 Å². The fourth-order valence-corrected chi connectivity index (χ4v) is 4.51. The molecule has 10 heteroatoms. The molecule has 2 aromatic heterocycles. The second-order valence-corrected chi connectivity index (χ2v) is 8.71. The Morgan fingerprint density at radius 2 is 1.79 bits per heavy atom. The molecule has 0 saturated heterocycles. The van der Waals surface area contributed by atoms with Crippen LogP contribution in [0.1, 0.15) is 10.4 Å². The van der Waals surface area contributed by atoms with E-state index in [0.29, 0.717) is 59.4 Å². The van der Waals surface area contributed by atoms with Crippen LogP contribution in [0.3, 0.4) is 0 Å². The van der Waals surface area contributed by atoms with Gasteiger partial charge in [-0.15, -0.1) is 12.4 Å². The first-order chi connectivity index (χ1) is 15.5. The summed E-state index contributed by atoms with van der Waals surface area (Å²) in [7, 11) is 3.85. The Labute approximate surface area is 199 Å². The van der Waals surface area contributed by atoms with Gasteiger partial charge >= 0.3 is 5.63 Å². The summed E-state index contributed by atoms with van der Waals surface area (Å²) in [4.78, 5) is 34.3. The number of benzene rings is 2. The second-order valence-electron chi connectivity index (χ2n) is 7.71. The van der Waals surface area contributed by atoms with Gasteiger partial charge in [-0.05, 0) is 26.2 Å². The summed E-state index contributed by atoms with van der Waals surface area (Å²) in [6.07, 6.45) is 0. The van der Waals surface area contributed by atoms with E-state index in [2.05, 4.69) is 4.98 Å². The molecule has 33 heavy (non-hydrogen) atoms. The molecule has 1 aliphatic rings. The van der Waals surface area contributed by atoms with Crippen LogP contribution in [0, 0.1) is 0 Å². The minimum Gasteiger partial charge on any atom is -0.486 e. The van der Waals surface area contributed by atoms with Crippen LogP contribution in [-0.2, 0) is 0 Å². The number of hydrogen-bond acceptors (Lipinski definition) is 8. The molecule has 0 bridgehead atoms. The lowest BCUT2D eigenvalue weighted by molar-refractivity contribution is 0.0982. The molecule has 0 fully saturated rings. The summed E-state index contributed by atoms with van der Waals surface area (Å²) in [6.45, 7) is 1.95. The molecule has 3 heterocycles. The van der Waals surface area contributed by atoms with Gasteiger partial charge in [0.1, 0.15) is 24.4 Å². The van der Waals surface area contributed by atoms with E-state index in [9.17, 15) is 9.59 Å². The van der Waals surface area contributed by atoms with Crippen molar-refractivity contribution in [2.24, 2.45) is 0 Å². The number of halogens is 1. The molecular weight excluding hydrogens is 466 g/mol. The molecule has 0 atom stereocenters. The zero-order valence-corrected chi connectivity index (χ0v) is 19.7. The Kier molecular flexibility index (Phi) is 6.55. The molecule has 8 nitrogen and oxygen atoms in total. The molecule has 172 valence electrons. The Bertz CT molecular complexity index is 1340. The summed E-state index contributed by atoms with van der Waals surface area (Å²) in [5.74, 6) is 0.866. The monoisotopic (exact) mass is 487 g/mol. The second kappa shape index (κ2) is 9.38. The van der Waals surface area contributed by atoms with E-state index in [1.807, 2.05) is 37.2 Å². The maximum absolute atomic E-state index is 13.5. The summed E-state index contributed by atoms with van der Waals surface area (Å²) < 4.78 is 17.6. The number of thiazole rings is 1. The van der Waals surface area contributed by atoms with Gasteiger partial charge in [-0.1, -0.05) is 29.5 Å². The number of carbonyl (C=O) groups is 1. The van der Waals surface area contributed by atoms with Crippen LogP contribution in [0.2, 0.25) is 0 Å². The summed E-state index contributed by atoms with van der Waals surface area (Å²) in [5.41, 5.74) is 0.469. The number of carbonyl (C=O) groups excluding carboxylic acids is 1. The minimum absolute atomic E-state index is 0. The predicted molar refractivity (Wildman–Crippen MR) is 131 cm³/mol. The maximum atomic E-state index is 13.5. The largest absolute Gasteiger partial charge is 0.486 e. The number of hydrogen-bond donors (Lipinski definition) is 0. The van der Waals surface area contributed by atoms with Crippen molar-refractivity contribution in [3.05, 3.63) is 58.4 Å². The first-order valence-corrected chi connectivity index (χ1v) is 11.0. The highest BCUT2D eigenvalue weighted by atomic mass is 35.5. The third kappa shape index (κ3) is 4.52. The first-order valence-electron chi connectivity index (χ1n) is 10.2. The molecule has 1 amide bonds. The van der Waals surface area contributed by atoms with Crippen molar-refractivity contribution in [3.63, 3.8) is 0 Å². The van der Waals surface area contributed by atoms with Crippen molar-refractivity contribution >= 4 is 56.0 Å². The van der Waals surface area contributed by atoms with Gasteiger partial charge in [0, 0.05) is 30.6 Å². The molecule has 0 N–H and O–H groups in total. The Balaban J connectivity index is 0.00000259. The van der Waals surface area contributed by atoms with Crippen LogP contribution in [0.25, 0.3) is 21.2 Å².